The lowest BCUT2D eigenvalue weighted by molar-refractivity contribution is 0.0954. The molecule has 2 heterocycles. The average Bonchev–Trinajstić information content (AvgIpc) is 2.79. The largest absolute Gasteiger partial charge is 0.351 e. The summed E-state index contributed by atoms with van der Waals surface area (Å²) in [6, 6.07) is 2.14. The van der Waals surface area contributed by atoms with Crippen molar-refractivity contribution in [1.29, 1.82) is 0 Å². The Morgan fingerprint density at radius 1 is 1.29 bits per heavy atom. The van der Waals surface area contributed by atoms with E-state index in [0.29, 0.717) is 0 Å². The van der Waals surface area contributed by atoms with Crippen molar-refractivity contribution in [2.45, 2.75) is 51.4 Å². The minimum Gasteiger partial charge on any atom is -0.351 e. The fraction of sp³-hybridized carbons (Fsp3) is 0.706. The Hall–Kier alpha value is -0.870. The van der Waals surface area contributed by atoms with Crippen LogP contribution in [0, 0.1) is 5.92 Å². The van der Waals surface area contributed by atoms with Gasteiger partial charge in [0, 0.05) is 11.4 Å². The van der Waals surface area contributed by atoms with E-state index in [9.17, 15) is 4.79 Å². The molecule has 0 radical (unpaired) electrons. The van der Waals surface area contributed by atoms with E-state index in [4.69, 9.17) is 0 Å². The van der Waals surface area contributed by atoms with Crippen LogP contribution in [0.4, 0.5) is 0 Å². The summed E-state index contributed by atoms with van der Waals surface area (Å²) in [5, 5.41) is 6.55. The number of piperidine rings is 1. The number of aryl methyl sites for hydroxylation is 2. The number of carbonyl (C=O) groups excluding carboxylic acids is 1. The smallest absolute Gasteiger partial charge is 0.261 e. The molecule has 3 rings (SSSR count). The minimum absolute atomic E-state index is 0.136. The van der Waals surface area contributed by atoms with E-state index in [1.165, 1.54) is 49.0 Å². The summed E-state index contributed by atoms with van der Waals surface area (Å²) in [6.07, 6.45) is 9.89. The third kappa shape index (κ3) is 4.07. The third-order valence-corrected chi connectivity index (χ3v) is 5.94. The van der Waals surface area contributed by atoms with Gasteiger partial charge < -0.3 is 10.6 Å². The van der Waals surface area contributed by atoms with Gasteiger partial charge in [0.15, 0.2) is 0 Å². The lowest BCUT2D eigenvalue weighted by atomic mass is 9.96. The van der Waals surface area contributed by atoms with Crippen LogP contribution in [-0.4, -0.2) is 25.5 Å². The lowest BCUT2D eigenvalue weighted by Crippen LogP contribution is -2.33. The fourth-order valence-electron chi connectivity index (χ4n) is 3.43. The zero-order valence-electron chi connectivity index (χ0n) is 12.7. The van der Waals surface area contributed by atoms with Gasteiger partial charge in [-0.05, 0) is 75.6 Å². The second-order valence-corrected chi connectivity index (χ2v) is 7.51. The number of thiophene rings is 1. The molecule has 2 N–H and O–H groups in total. The second-order valence-electron chi connectivity index (χ2n) is 6.38. The summed E-state index contributed by atoms with van der Waals surface area (Å²) in [4.78, 5) is 14.6. The van der Waals surface area contributed by atoms with E-state index in [2.05, 4.69) is 16.7 Å². The van der Waals surface area contributed by atoms with Crippen LogP contribution in [0.5, 0.6) is 0 Å². The Morgan fingerprint density at radius 2 is 2.19 bits per heavy atom. The predicted molar refractivity (Wildman–Crippen MR) is 88.1 cm³/mol. The second kappa shape index (κ2) is 7.41. The zero-order valence-corrected chi connectivity index (χ0v) is 13.6. The highest BCUT2D eigenvalue weighted by atomic mass is 32.1. The normalized spacial score (nSPS) is 22.4. The van der Waals surface area contributed by atoms with E-state index in [-0.39, 0.29) is 5.91 Å². The maximum atomic E-state index is 12.3. The van der Waals surface area contributed by atoms with Crippen molar-refractivity contribution in [2.24, 2.45) is 5.92 Å². The van der Waals surface area contributed by atoms with Crippen molar-refractivity contribution in [3.05, 3.63) is 21.4 Å². The molecule has 1 unspecified atom stereocenters. The van der Waals surface area contributed by atoms with Crippen LogP contribution in [0.2, 0.25) is 0 Å². The van der Waals surface area contributed by atoms with Crippen LogP contribution in [0.25, 0.3) is 0 Å². The van der Waals surface area contributed by atoms with Crippen LogP contribution in [0.3, 0.4) is 0 Å². The number of fused-ring (bicyclic) bond motifs is 1. The van der Waals surface area contributed by atoms with E-state index in [1.54, 1.807) is 11.3 Å². The molecular formula is C17H26N2OS. The summed E-state index contributed by atoms with van der Waals surface area (Å²) in [7, 11) is 0. The maximum Gasteiger partial charge on any atom is 0.261 e. The van der Waals surface area contributed by atoms with Crippen molar-refractivity contribution in [3.63, 3.8) is 0 Å². The minimum atomic E-state index is 0.136. The molecule has 1 saturated heterocycles. The molecule has 1 fully saturated rings. The zero-order chi connectivity index (χ0) is 14.5. The van der Waals surface area contributed by atoms with E-state index < -0.39 is 0 Å². The van der Waals surface area contributed by atoms with Crippen LogP contribution >= 0.6 is 11.3 Å². The first-order valence-electron chi connectivity index (χ1n) is 8.43. The molecule has 1 aliphatic heterocycles. The highest BCUT2D eigenvalue weighted by molar-refractivity contribution is 7.14. The predicted octanol–water partition coefficient (Wildman–Crippen LogP) is 3.14. The quantitative estimate of drug-likeness (QED) is 0.839. The third-order valence-electron chi connectivity index (χ3n) is 4.71. The van der Waals surface area contributed by atoms with Gasteiger partial charge in [-0.25, -0.2) is 0 Å². The van der Waals surface area contributed by atoms with Gasteiger partial charge >= 0.3 is 0 Å². The number of nitrogens with one attached hydrogen (secondary N) is 2. The van der Waals surface area contributed by atoms with Crippen LogP contribution < -0.4 is 10.6 Å². The summed E-state index contributed by atoms with van der Waals surface area (Å²) < 4.78 is 0. The van der Waals surface area contributed by atoms with Gasteiger partial charge in [0.05, 0.1) is 4.88 Å². The number of amides is 1. The summed E-state index contributed by atoms with van der Waals surface area (Å²) >= 11 is 1.72. The van der Waals surface area contributed by atoms with Crippen LogP contribution in [-0.2, 0) is 12.8 Å². The topological polar surface area (TPSA) is 41.1 Å². The Kier molecular flexibility index (Phi) is 5.31. The Balaban J connectivity index is 1.48. The Bertz CT molecular complexity index is 454. The van der Waals surface area contributed by atoms with Gasteiger partial charge in [-0.15, -0.1) is 11.3 Å². The molecule has 2 aliphatic rings. The molecule has 3 nitrogen and oxygen atoms in total. The number of carbonyl (C=O) groups is 1. The first kappa shape index (κ1) is 15.0. The van der Waals surface area contributed by atoms with Gasteiger partial charge in [-0.2, -0.15) is 0 Å². The van der Waals surface area contributed by atoms with E-state index in [1.807, 2.05) is 0 Å². The molecule has 116 valence electrons. The Labute approximate surface area is 131 Å². The van der Waals surface area contributed by atoms with E-state index in [0.717, 1.165) is 43.3 Å². The number of hydrogen-bond donors (Lipinski definition) is 2. The van der Waals surface area contributed by atoms with Gasteiger partial charge in [-0.3, -0.25) is 4.79 Å². The molecule has 0 bridgehead atoms. The summed E-state index contributed by atoms with van der Waals surface area (Å²) in [5.74, 6) is 0.871. The maximum absolute atomic E-state index is 12.3. The molecule has 1 aliphatic carbocycles. The fourth-order valence-corrected chi connectivity index (χ4v) is 4.60. The molecule has 21 heavy (non-hydrogen) atoms. The van der Waals surface area contributed by atoms with Gasteiger partial charge in [-0.1, -0.05) is 6.42 Å². The van der Waals surface area contributed by atoms with Crippen LogP contribution in [0.15, 0.2) is 6.07 Å². The van der Waals surface area contributed by atoms with Crippen molar-refractivity contribution in [3.8, 4) is 0 Å². The molecular weight excluding hydrogens is 280 g/mol. The SMILES string of the molecule is O=C(NCCC1CCCNC1)c1cc2c(s1)CCCCC2. The Morgan fingerprint density at radius 3 is 3.05 bits per heavy atom. The molecule has 4 heteroatoms. The first-order valence-corrected chi connectivity index (χ1v) is 9.25. The summed E-state index contributed by atoms with van der Waals surface area (Å²) in [6.45, 7) is 3.08. The van der Waals surface area contributed by atoms with Crippen molar-refractivity contribution in [1.82, 2.24) is 10.6 Å². The molecule has 0 aromatic carbocycles. The van der Waals surface area contributed by atoms with Gasteiger partial charge in [0.25, 0.3) is 5.91 Å². The average molecular weight is 306 g/mol. The monoisotopic (exact) mass is 306 g/mol. The molecule has 1 atom stereocenters. The molecule has 1 aromatic rings. The van der Waals surface area contributed by atoms with Crippen molar-refractivity contribution >= 4 is 17.2 Å². The van der Waals surface area contributed by atoms with Gasteiger partial charge in [0.1, 0.15) is 0 Å². The standard InChI is InChI=1S/C17H26N2OS/c20-17(19-10-8-13-5-4-9-18-12-13)16-11-14-6-2-1-3-7-15(14)21-16/h11,13,18H,1-10,12H2,(H,19,20). The van der Waals surface area contributed by atoms with Crippen molar-refractivity contribution < 1.29 is 4.79 Å². The highest BCUT2D eigenvalue weighted by Gasteiger charge is 2.17. The molecule has 1 aromatic heterocycles. The highest BCUT2D eigenvalue weighted by Crippen LogP contribution is 2.28. The summed E-state index contributed by atoms with van der Waals surface area (Å²) in [5.41, 5.74) is 1.43. The molecule has 0 saturated carbocycles. The number of rotatable bonds is 4. The van der Waals surface area contributed by atoms with E-state index >= 15 is 0 Å². The van der Waals surface area contributed by atoms with Crippen LogP contribution in [0.1, 0.15) is 58.6 Å². The molecule has 0 spiro atoms. The number of hydrogen-bond acceptors (Lipinski definition) is 3. The van der Waals surface area contributed by atoms with Crippen molar-refractivity contribution in [2.75, 3.05) is 19.6 Å². The first-order chi connectivity index (χ1) is 10.3. The molecule has 1 amide bonds. The lowest BCUT2D eigenvalue weighted by Gasteiger charge is -2.22. The van der Waals surface area contributed by atoms with Gasteiger partial charge in [0.2, 0.25) is 0 Å².